The first-order valence-corrected chi connectivity index (χ1v) is 12.0. The maximum atomic E-state index is 13.6. The molecule has 3 rings (SSSR count). The Morgan fingerprint density at radius 3 is 2.28 bits per heavy atom. The molecule has 6 nitrogen and oxygen atoms in total. The van der Waals surface area contributed by atoms with Crippen LogP contribution in [0.15, 0.2) is 60.7 Å². The number of rotatable bonds is 6. The molecule has 0 spiro atoms. The van der Waals surface area contributed by atoms with Gasteiger partial charge in [-0.05, 0) is 56.2 Å². The highest BCUT2D eigenvalue weighted by Gasteiger charge is 2.38. The Labute approximate surface area is 189 Å². The fraction of sp³-hybridized carbons (Fsp3) is 0.375. The summed E-state index contributed by atoms with van der Waals surface area (Å²) in [5.41, 5.74) is 1.61. The van der Waals surface area contributed by atoms with E-state index in [-0.39, 0.29) is 24.8 Å². The van der Waals surface area contributed by atoms with Crippen LogP contribution in [0.5, 0.6) is 5.75 Å². The lowest BCUT2D eigenvalue weighted by molar-refractivity contribution is -0.137. The van der Waals surface area contributed by atoms with Gasteiger partial charge in [0.25, 0.3) is 0 Å². The van der Waals surface area contributed by atoms with Gasteiger partial charge in [-0.25, -0.2) is 12.8 Å². The fourth-order valence-corrected chi connectivity index (χ4v) is 5.07. The first-order valence-electron chi connectivity index (χ1n) is 10.5. The van der Waals surface area contributed by atoms with E-state index in [0.717, 1.165) is 11.1 Å². The number of ether oxygens (including phenoxy) is 1. The van der Waals surface area contributed by atoms with Gasteiger partial charge in [-0.2, -0.15) is 4.31 Å². The molecule has 2 aromatic rings. The normalized spacial score (nSPS) is 21.3. The molecule has 0 saturated heterocycles. The quantitative estimate of drug-likeness (QED) is 0.613. The summed E-state index contributed by atoms with van der Waals surface area (Å²) in [6, 6.07) is 12.1. The third-order valence-electron chi connectivity index (χ3n) is 5.66. The van der Waals surface area contributed by atoms with Crippen LogP contribution in [0.4, 0.5) is 4.39 Å². The molecule has 1 heterocycles. The number of methoxy groups -OCH3 is 1. The summed E-state index contributed by atoms with van der Waals surface area (Å²) in [6.07, 6.45) is 3.63. The summed E-state index contributed by atoms with van der Waals surface area (Å²) < 4.78 is 45.7. The van der Waals surface area contributed by atoms with Gasteiger partial charge < -0.3 is 9.64 Å². The maximum Gasteiger partial charge on any atom is 0.241 e. The lowest BCUT2D eigenvalue weighted by Gasteiger charge is -2.38. The summed E-state index contributed by atoms with van der Waals surface area (Å²) >= 11 is 0. The highest BCUT2D eigenvalue weighted by Crippen LogP contribution is 2.30. The second kappa shape index (κ2) is 9.83. The van der Waals surface area contributed by atoms with E-state index in [0.29, 0.717) is 5.75 Å². The molecular formula is C24H29FN2O4S. The average molecular weight is 461 g/mol. The Morgan fingerprint density at radius 1 is 1.09 bits per heavy atom. The van der Waals surface area contributed by atoms with Crippen LogP contribution >= 0.6 is 0 Å². The second-order valence-electron chi connectivity index (χ2n) is 8.08. The molecule has 32 heavy (non-hydrogen) atoms. The van der Waals surface area contributed by atoms with Crippen LogP contribution in [0.2, 0.25) is 0 Å². The predicted molar refractivity (Wildman–Crippen MR) is 122 cm³/mol. The van der Waals surface area contributed by atoms with E-state index >= 15 is 0 Å². The first kappa shape index (κ1) is 23.9. The number of sulfonamides is 1. The third kappa shape index (κ3) is 5.02. The zero-order chi connectivity index (χ0) is 23.5. The van der Waals surface area contributed by atoms with Crippen molar-refractivity contribution in [3.63, 3.8) is 0 Å². The van der Waals surface area contributed by atoms with Crippen LogP contribution in [0.1, 0.15) is 37.9 Å². The van der Waals surface area contributed by atoms with E-state index in [1.54, 1.807) is 51.0 Å². The standard InChI is InChI=1S/C24H29FN2O4S/c1-17(2)32(29,30)27-15-5-6-23(20-9-13-22(31-4)14-10-20)26(24(28)18(27)3)16-19-7-11-21(25)12-8-19/h5-14,17-18,23H,15-16H2,1-4H3/b6-5-/t18-,23+/m0/s1. The van der Waals surface area contributed by atoms with Crippen LogP contribution in [0.3, 0.4) is 0 Å². The van der Waals surface area contributed by atoms with Crippen molar-refractivity contribution in [1.29, 1.82) is 0 Å². The van der Waals surface area contributed by atoms with Gasteiger partial charge in [-0.1, -0.05) is 36.4 Å². The maximum absolute atomic E-state index is 13.6. The Balaban J connectivity index is 2.05. The number of hydrogen-bond donors (Lipinski definition) is 0. The number of benzene rings is 2. The Morgan fingerprint density at radius 2 is 1.72 bits per heavy atom. The predicted octanol–water partition coefficient (Wildman–Crippen LogP) is 3.90. The molecule has 1 amide bonds. The number of amides is 1. The van der Waals surface area contributed by atoms with Gasteiger partial charge in [0.2, 0.25) is 15.9 Å². The number of halogens is 1. The van der Waals surface area contributed by atoms with Gasteiger partial charge in [0, 0.05) is 13.1 Å². The number of hydrogen-bond acceptors (Lipinski definition) is 4. The monoisotopic (exact) mass is 460 g/mol. The van der Waals surface area contributed by atoms with Crippen molar-refractivity contribution in [3.05, 3.63) is 77.6 Å². The molecule has 0 bridgehead atoms. The van der Waals surface area contributed by atoms with Crippen molar-refractivity contribution in [2.45, 2.75) is 44.6 Å². The minimum absolute atomic E-state index is 0.116. The third-order valence-corrected chi connectivity index (χ3v) is 7.97. The number of carbonyl (C=O) groups excluding carboxylic acids is 1. The Bertz CT molecular complexity index is 1070. The molecule has 2 atom stereocenters. The zero-order valence-corrected chi connectivity index (χ0v) is 19.5. The largest absolute Gasteiger partial charge is 0.497 e. The molecule has 172 valence electrons. The molecule has 2 aromatic carbocycles. The number of carbonyl (C=O) groups is 1. The lowest BCUT2D eigenvalue weighted by atomic mass is 10.0. The molecule has 1 aliphatic rings. The van der Waals surface area contributed by atoms with E-state index < -0.39 is 27.4 Å². The highest BCUT2D eigenvalue weighted by molar-refractivity contribution is 7.89. The highest BCUT2D eigenvalue weighted by atomic mass is 32.2. The molecule has 0 radical (unpaired) electrons. The van der Waals surface area contributed by atoms with Gasteiger partial charge in [-0.15, -0.1) is 0 Å². The molecule has 0 saturated carbocycles. The molecule has 8 heteroatoms. The van der Waals surface area contributed by atoms with E-state index in [1.807, 2.05) is 30.3 Å². The Hall–Kier alpha value is -2.71. The average Bonchev–Trinajstić information content (AvgIpc) is 2.77. The van der Waals surface area contributed by atoms with E-state index in [9.17, 15) is 17.6 Å². The first-order chi connectivity index (χ1) is 15.1. The minimum Gasteiger partial charge on any atom is -0.497 e. The molecule has 0 N–H and O–H groups in total. The Kier molecular flexibility index (Phi) is 7.36. The fourth-order valence-electron chi connectivity index (χ4n) is 3.71. The van der Waals surface area contributed by atoms with Crippen molar-refractivity contribution in [1.82, 2.24) is 9.21 Å². The topological polar surface area (TPSA) is 66.9 Å². The van der Waals surface area contributed by atoms with E-state index in [4.69, 9.17) is 4.74 Å². The van der Waals surface area contributed by atoms with Crippen molar-refractivity contribution in [2.24, 2.45) is 0 Å². The van der Waals surface area contributed by atoms with Crippen LogP contribution in [-0.4, -0.2) is 48.5 Å². The van der Waals surface area contributed by atoms with Gasteiger partial charge >= 0.3 is 0 Å². The zero-order valence-electron chi connectivity index (χ0n) is 18.7. The van der Waals surface area contributed by atoms with Crippen LogP contribution in [-0.2, 0) is 21.4 Å². The van der Waals surface area contributed by atoms with Crippen molar-refractivity contribution < 1.29 is 22.3 Å². The van der Waals surface area contributed by atoms with Crippen molar-refractivity contribution >= 4 is 15.9 Å². The summed E-state index contributed by atoms with van der Waals surface area (Å²) in [7, 11) is -2.06. The lowest BCUT2D eigenvalue weighted by Crippen LogP contribution is -2.52. The SMILES string of the molecule is COc1ccc([C@H]2/C=C\CN(S(=O)(=O)C(C)C)[C@@H](C)C(=O)N2Cc2ccc(F)cc2)cc1. The molecule has 1 aliphatic heterocycles. The van der Waals surface area contributed by atoms with Crippen LogP contribution in [0, 0.1) is 5.82 Å². The number of nitrogens with zero attached hydrogens (tertiary/aromatic N) is 2. The van der Waals surface area contributed by atoms with E-state index in [1.165, 1.54) is 16.4 Å². The molecule has 0 fully saturated rings. The molecular weight excluding hydrogens is 431 g/mol. The van der Waals surface area contributed by atoms with Crippen LogP contribution in [0.25, 0.3) is 0 Å². The van der Waals surface area contributed by atoms with Gasteiger partial charge in [0.15, 0.2) is 0 Å². The van der Waals surface area contributed by atoms with Gasteiger partial charge in [0.1, 0.15) is 17.6 Å². The van der Waals surface area contributed by atoms with Gasteiger partial charge in [0.05, 0.1) is 18.4 Å². The smallest absolute Gasteiger partial charge is 0.241 e. The van der Waals surface area contributed by atoms with Crippen molar-refractivity contribution in [2.75, 3.05) is 13.7 Å². The second-order valence-corrected chi connectivity index (χ2v) is 10.5. The molecule has 0 unspecified atom stereocenters. The van der Waals surface area contributed by atoms with Gasteiger partial charge in [-0.3, -0.25) is 4.79 Å². The minimum atomic E-state index is -3.65. The molecule has 0 aliphatic carbocycles. The summed E-state index contributed by atoms with van der Waals surface area (Å²) in [6.45, 7) is 5.14. The summed E-state index contributed by atoms with van der Waals surface area (Å²) in [5.74, 6) is 0.0215. The molecule has 0 aromatic heterocycles. The summed E-state index contributed by atoms with van der Waals surface area (Å²) in [5, 5.41) is -0.645. The van der Waals surface area contributed by atoms with Crippen LogP contribution < -0.4 is 4.74 Å². The summed E-state index contributed by atoms with van der Waals surface area (Å²) in [4.78, 5) is 15.3. The van der Waals surface area contributed by atoms with E-state index in [2.05, 4.69) is 0 Å². The van der Waals surface area contributed by atoms with Crippen molar-refractivity contribution in [3.8, 4) is 5.75 Å².